The maximum atomic E-state index is 11.3. The molecule has 0 aliphatic heterocycles. The number of ether oxygens (including phenoxy) is 1. The van der Waals surface area contributed by atoms with E-state index in [9.17, 15) is 4.79 Å². The van der Waals surface area contributed by atoms with Gasteiger partial charge in [0.25, 0.3) is 0 Å². The van der Waals surface area contributed by atoms with Crippen molar-refractivity contribution in [2.45, 2.75) is 12.1 Å². The largest absolute Gasteiger partial charge is 0.497 e. The van der Waals surface area contributed by atoms with E-state index >= 15 is 0 Å². The van der Waals surface area contributed by atoms with E-state index in [1.54, 1.807) is 26.4 Å². The second-order valence-electron chi connectivity index (χ2n) is 5.07. The van der Waals surface area contributed by atoms with Crippen molar-refractivity contribution in [1.29, 1.82) is 0 Å². The van der Waals surface area contributed by atoms with Crippen molar-refractivity contribution in [2.75, 3.05) is 12.9 Å². The molecule has 0 atom stereocenters. The van der Waals surface area contributed by atoms with Gasteiger partial charge in [0.05, 0.1) is 12.9 Å². The third-order valence-corrected chi connectivity index (χ3v) is 4.38. The van der Waals surface area contributed by atoms with Crippen LogP contribution >= 0.6 is 11.8 Å². The summed E-state index contributed by atoms with van der Waals surface area (Å²) in [5.41, 5.74) is 1.81. The Kier molecular flexibility index (Phi) is 4.90. The number of carbonyl (C=O) groups is 1. The van der Waals surface area contributed by atoms with Crippen molar-refractivity contribution in [2.24, 2.45) is 0 Å². The summed E-state index contributed by atoms with van der Waals surface area (Å²) in [6.07, 6.45) is 3.43. The number of thioether (sulfide) groups is 1. The van der Waals surface area contributed by atoms with Gasteiger partial charge in [-0.25, -0.2) is 0 Å². The van der Waals surface area contributed by atoms with Crippen LogP contribution in [-0.4, -0.2) is 38.4 Å². The number of methoxy groups -OCH3 is 1. The van der Waals surface area contributed by atoms with Crippen molar-refractivity contribution in [3.8, 4) is 22.8 Å². The molecule has 0 saturated carbocycles. The summed E-state index contributed by atoms with van der Waals surface area (Å²) >= 11 is 1.37. The lowest BCUT2D eigenvalue weighted by atomic mass is 10.2. The average molecular weight is 340 g/mol. The van der Waals surface area contributed by atoms with Crippen molar-refractivity contribution >= 4 is 17.5 Å². The molecule has 0 N–H and O–H groups in total. The molecule has 3 aromatic rings. The van der Waals surface area contributed by atoms with Gasteiger partial charge in [-0.3, -0.25) is 14.3 Å². The van der Waals surface area contributed by atoms with Gasteiger partial charge in [-0.15, -0.1) is 10.2 Å². The van der Waals surface area contributed by atoms with Crippen LogP contribution in [-0.2, 0) is 4.79 Å². The van der Waals surface area contributed by atoms with E-state index < -0.39 is 0 Å². The number of rotatable bonds is 6. The number of carbonyl (C=O) groups excluding carboxylic acids is 1. The summed E-state index contributed by atoms with van der Waals surface area (Å²) in [5, 5.41) is 9.23. The Morgan fingerprint density at radius 3 is 2.46 bits per heavy atom. The molecule has 122 valence electrons. The second kappa shape index (κ2) is 7.27. The van der Waals surface area contributed by atoms with Crippen molar-refractivity contribution in [3.63, 3.8) is 0 Å². The van der Waals surface area contributed by atoms with Crippen LogP contribution in [0.15, 0.2) is 53.9 Å². The zero-order chi connectivity index (χ0) is 16.9. The molecule has 7 heteroatoms. The van der Waals surface area contributed by atoms with Crippen LogP contribution in [0.1, 0.15) is 6.92 Å². The molecular weight excluding hydrogens is 324 g/mol. The summed E-state index contributed by atoms with van der Waals surface area (Å²) in [5.74, 6) is 1.92. The van der Waals surface area contributed by atoms with Gasteiger partial charge in [0, 0.05) is 23.6 Å². The first kappa shape index (κ1) is 16.2. The Morgan fingerprint density at radius 2 is 1.83 bits per heavy atom. The topological polar surface area (TPSA) is 69.9 Å². The summed E-state index contributed by atoms with van der Waals surface area (Å²) in [6, 6.07) is 11.4. The molecule has 0 spiro atoms. The zero-order valence-electron chi connectivity index (χ0n) is 13.3. The lowest BCUT2D eigenvalue weighted by Gasteiger charge is -2.10. The van der Waals surface area contributed by atoms with E-state index in [-0.39, 0.29) is 5.78 Å². The molecule has 0 saturated heterocycles. The highest BCUT2D eigenvalue weighted by Crippen LogP contribution is 2.28. The van der Waals surface area contributed by atoms with Crippen LogP contribution < -0.4 is 4.74 Å². The lowest BCUT2D eigenvalue weighted by molar-refractivity contribution is -0.114. The first-order chi connectivity index (χ1) is 11.7. The number of nitrogens with zero attached hydrogens (tertiary/aromatic N) is 4. The quantitative estimate of drug-likeness (QED) is 0.643. The number of aromatic nitrogens is 4. The van der Waals surface area contributed by atoms with Crippen LogP contribution in [0.2, 0.25) is 0 Å². The van der Waals surface area contributed by atoms with Crippen LogP contribution in [0.4, 0.5) is 0 Å². The van der Waals surface area contributed by atoms with Crippen LogP contribution in [0.3, 0.4) is 0 Å². The van der Waals surface area contributed by atoms with Gasteiger partial charge in [-0.2, -0.15) is 0 Å². The number of hydrogen-bond acceptors (Lipinski definition) is 6. The third kappa shape index (κ3) is 3.46. The van der Waals surface area contributed by atoms with E-state index in [4.69, 9.17) is 4.74 Å². The number of pyridine rings is 1. The third-order valence-electron chi connectivity index (χ3n) is 3.31. The molecule has 24 heavy (non-hydrogen) atoms. The van der Waals surface area contributed by atoms with Crippen molar-refractivity contribution < 1.29 is 9.53 Å². The number of hydrogen-bond donors (Lipinski definition) is 0. The lowest BCUT2D eigenvalue weighted by Crippen LogP contribution is -2.02. The maximum Gasteiger partial charge on any atom is 0.196 e. The zero-order valence-corrected chi connectivity index (χ0v) is 14.2. The maximum absolute atomic E-state index is 11.3. The van der Waals surface area contributed by atoms with Gasteiger partial charge in [0.15, 0.2) is 11.0 Å². The molecule has 3 rings (SSSR count). The van der Waals surface area contributed by atoms with Crippen molar-refractivity contribution in [1.82, 2.24) is 19.7 Å². The Hall–Kier alpha value is -2.67. The highest BCUT2D eigenvalue weighted by atomic mass is 32.2. The van der Waals surface area contributed by atoms with Gasteiger partial charge >= 0.3 is 0 Å². The van der Waals surface area contributed by atoms with Gasteiger partial charge in [0.1, 0.15) is 11.5 Å². The molecule has 6 nitrogen and oxygen atoms in total. The first-order valence-electron chi connectivity index (χ1n) is 7.31. The van der Waals surface area contributed by atoms with Crippen LogP contribution in [0, 0.1) is 0 Å². The molecule has 1 aromatic carbocycles. The predicted molar refractivity (Wildman–Crippen MR) is 92.5 cm³/mol. The van der Waals surface area contributed by atoms with Gasteiger partial charge < -0.3 is 4.74 Å². The highest BCUT2D eigenvalue weighted by molar-refractivity contribution is 7.99. The van der Waals surface area contributed by atoms with E-state index in [0.29, 0.717) is 16.7 Å². The Bertz CT molecular complexity index is 832. The number of Topliss-reactive ketones (excluding diaryl/α,β-unsaturated/α-hetero) is 1. The van der Waals surface area contributed by atoms with Gasteiger partial charge in [-0.05, 0) is 43.3 Å². The standard InChI is InChI=1S/C17H16N4O2S/c1-12(22)11-24-17-20-19-16(13-7-9-18-10-8-13)21(17)14-3-5-15(23-2)6-4-14/h3-10H,11H2,1-2H3. The molecule has 0 unspecified atom stereocenters. The molecule has 0 bridgehead atoms. The summed E-state index contributed by atoms with van der Waals surface area (Å²) < 4.78 is 7.14. The van der Waals surface area contributed by atoms with E-state index in [2.05, 4.69) is 15.2 Å². The minimum atomic E-state index is 0.0924. The summed E-state index contributed by atoms with van der Waals surface area (Å²) in [7, 11) is 1.63. The monoisotopic (exact) mass is 340 g/mol. The molecule has 0 aliphatic carbocycles. The molecule has 2 heterocycles. The number of ketones is 1. The first-order valence-corrected chi connectivity index (χ1v) is 8.30. The Morgan fingerprint density at radius 1 is 1.12 bits per heavy atom. The van der Waals surface area contributed by atoms with Crippen LogP contribution in [0.25, 0.3) is 17.1 Å². The minimum absolute atomic E-state index is 0.0924. The molecule has 0 amide bonds. The Balaban J connectivity index is 2.08. The SMILES string of the molecule is COc1ccc(-n2c(SCC(C)=O)nnc2-c2ccncc2)cc1. The molecule has 0 fully saturated rings. The smallest absolute Gasteiger partial charge is 0.196 e. The fourth-order valence-electron chi connectivity index (χ4n) is 2.18. The normalized spacial score (nSPS) is 10.6. The highest BCUT2D eigenvalue weighted by Gasteiger charge is 2.16. The molecule has 2 aromatic heterocycles. The summed E-state index contributed by atoms with van der Waals surface area (Å²) in [6.45, 7) is 1.56. The van der Waals surface area contributed by atoms with Crippen LogP contribution in [0.5, 0.6) is 5.75 Å². The minimum Gasteiger partial charge on any atom is -0.497 e. The van der Waals surface area contributed by atoms with E-state index in [1.807, 2.05) is 41.0 Å². The molecule has 0 aliphatic rings. The fourth-order valence-corrected chi connectivity index (χ4v) is 2.93. The predicted octanol–water partition coefficient (Wildman–Crippen LogP) is 3.02. The Labute approximate surface area is 143 Å². The van der Waals surface area contributed by atoms with Gasteiger partial charge in [-0.1, -0.05) is 11.8 Å². The molecule has 0 radical (unpaired) electrons. The molecular formula is C17H16N4O2S. The fraction of sp³-hybridized carbons (Fsp3) is 0.176. The second-order valence-corrected chi connectivity index (χ2v) is 6.01. The number of benzene rings is 1. The van der Waals surface area contributed by atoms with E-state index in [1.165, 1.54) is 11.8 Å². The van der Waals surface area contributed by atoms with Crippen molar-refractivity contribution in [3.05, 3.63) is 48.8 Å². The van der Waals surface area contributed by atoms with E-state index in [0.717, 1.165) is 17.0 Å². The summed E-state index contributed by atoms with van der Waals surface area (Å²) in [4.78, 5) is 15.4. The van der Waals surface area contributed by atoms with Gasteiger partial charge in [0.2, 0.25) is 0 Å². The average Bonchev–Trinajstić information content (AvgIpc) is 3.04.